The highest BCUT2D eigenvalue weighted by Gasteiger charge is 2.15. The molecule has 0 aromatic heterocycles. The topological polar surface area (TPSA) is 72.2 Å². The first kappa shape index (κ1) is 14.8. The van der Waals surface area contributed by atoms with Crippen LogP contribution in [0, 0.1) is 10.1 Å². The van der Waals surface area contributed by atoms with Crippen molar-refractivity contribution in [3.05, 3.63) is 42.8 Å². The summed E-state index contributed by atoms with van der Waals surface area (Å²) in [6, 6.07) is 2.67. The molecule has 0 aliphatic rings. The van der Waals surface area contributed by atoms with E-state index in [0.717, 1.165) is 5.57 Å². The summed E-state index contributed by atoms with van der Waals surface area (Å²) in [5.74, 6) is -0.287. The van der Waals surface area contributed by atoms with Crippen molar-refractivity contribution >= 4 is 49.1 Å². The number of carbonyl (C=O) groups excluding carboxylic acids is 1. The largest absolute Gasteiger partial charge is 0.321 e. The molecule has 0 fully saturated rings. The predicted octanol–water partition coefficient (Wildman–Crippen LogP) is 4.02. The molecule has 5 nitrogen and oxygen atoms in total. The Labute approximate surface area is 121 Å². The number of nitro benzene ring substituents is 1. The number of allylic oxidation sites excluding steroid dienone is 1. The number of nitrogens with zero attached hydrogens (tertiary/aromatic N) is 1. The number of hydrogen-bond donors (Lipinski definition) is 1. The van der Waals surface area contributed by atoms with Gasteiger partial charge in [0.25, 0.3) is 5.69 Å². The number of rotatable bonds is 3. The zero-order valence-corrected chi connectivity index (χ0v) is 12.8. The van der Waals surface area contributed by atoms with Gasteiger partial charge in [-0.25, -0.2) is 0 Å². The van der Waals surface area contributed by atoms with Crippen LogP contribution in [0.5, 0.6) is 0 Å². The summed E-state index contributed by atoms with van der Waals surface area (Å²) in [5.41, 5.74) is 1.26. The lowest BCUT2D eigenvalue weighted by Gasteiger charge is -2.08. The quantitative estimate of drug-likeness (QED) is 0.491. The third-order valence-electron chi connectivity index (χ3n) is 1.91. The first-order valence-corrected chi connectivity index (χ1v) is 6.49. The lowest BCUT2D eigenvalue weighted by molar-refractivity contribution is -0.385. The number of halogens is 2. The van der Waals surface area contributed by atoms with Crippen molar-refractivity contribution in [2.24, 2.45) is 0 Å². The fraction of sp³-hybridized carbons (Fsp3) is 0.182. The molecular weight excluding hydrogens is 368 g/mol. The molecule has 0 aliphatic heterocycles. The zero-order chi connectivity index (χ0) is 13.9. The normalized spacial score (nSPS) is 9.78. The first-order chi connectivity index (χ1) is 8.31. The molecule has 0 heterocycles. The van der Waals surface area contributed by atoms with Crippen LogP contribution in [0.1, 0.15) is 13.8 Å². The number of amides is 1. The first-order valence-electron chi connectivity index (χ1n) is 4.90. The Hall–Kier alpha value is -1.21. The van der Waals surface area contributed by atoms with Gasteiger partial charge in [-0.3, -0.25) is 14.9 Å². The van der Waals surface area contributed by atoms with Crippen molar-refractivity contribution in [2.75, 3.05) is 5.32 Å². The second kappa shape index (κ2) is 6.10. The Morgan fingerprint density at radius 2 is 1.83 bits per heavy atom. The molecule has 18 heavy (non-hydrogen) atoms. The fourth-order valence-corrected chi connectivity index (χ4v) is 2.57. The summed E-state index contributed by atoms with van der Waals surface area (Å²) in [6.45, 7) is 3.61. The van der Waals surface area contributed by atoms with Crippen LogP contribution in [0.3, 0.4) is 0 Å². The van der Waals surface area contributed by atoms with Crippen molar-refractivity contribution in [1.29, 1.82) is 0 Å². The van der Waals surface area contributed by atoms with Crippen LogP contribution < -0.4 is 5.32 Å². The summed E-state index contributed by atoms with van der Waals surface area (Å²) < 4.78 is 0.887. The van der Waals surface area contributed by atoms with Crippen LogP contribution in [0.15, 0.2) is 32.7 Å². The lowest BCUT2D eigenvalue weighted by atomic mass is 10.2. The molecule has 1 rings (SSSR count). The molecule has 0 saturated heterocycles. The highest BCUT2D eigenvalue weighted by Crippen LogP contribution is 2.35. The van der Waals surface area contributed by atoms with Gasteiger partial charge in [0, 0.05) is 27.2 Å². The van der Waals surface area contributed by atoms with E-state index in [2.05, 4.69) is 37.2 Å². The third kappa shape index (κ3) is 3.92. The number of nitrogens with one attached hydrogen (secondary N) is 1. The van der Waals surface area contributed by atoms with Crippen LogP contribution in [-0.4, -0.2) is 10.8 Å². The van der Waals surface area contributed by atoms with Crippen LogP contribution in [0.25, 0.3) is 0 Å². The van der Waals surface area contributed by atoms with Gasteiger partial charge < -0.3 is 5.32 Å². The highest BCUT2D eigenvalue weighted by molar-refractivity contribution is 9.11. The number of non-ortho nitro benzene ring substituents is 1. The number of anilines is 1. The SMILES string of the molecule is CC(C)=CC(=O)Nc1c(Br)cc([N+](=O)[O-])cc1Br. The van der Waals surface area contributed by atoms with E-state index >= 15 is 0 Å². The molecule has 0 spiro atoms. The van der Waals surface area contributed by atoms with Crippen LogP contribution in [-0.2, 0) is 4.79 Å². The van der Waals surface area contributed by atoms with Crippen molar-refractivity contribution in [3.8, 4) is 0 Å². The molecule has 0 saturated carbocycles. The van der Waals surface area contributed by atoms with Gasteiger partial charge in [-0.05, 0) is 45.7 Å². The van der Waals surface area contributed by atoms with Gasteiger partial charge in [-0.1, -0.05) is 5.57 Å². The van der Waals surface area contributed by atoms with Gasteiger partial charge in [0.05, 0.1) is 10.6 Å². The average molecular weight is 378 g/mol. The molecule has 96 valence electrons. The number of nitro groups is 1. The maximum atomic E-state index is 11.6. The Morgan fingerprint density at radius 1 is 1.33 bits per heavy atom. The van der Waals surface area contributed by atoms with Crippen molar-refractivity contribution in [1.82, 2.24) is 0 Å². The average Bonchev–Trinajstić information content (AvgIpc) is 2.21. The van der Waals surface area contributed by atoms with E-state index in [1.54, 1.807) is 13.8 Å². The minimum absolute atomic E-state index is 0.0611. The molecule has 1 amide bonds. The number of carbonyl (C=O) groups is 1. The van der Waals surface area contributed by atoms with Crippen LogP contribution in [0.2, 0.25) is 0 Å². The maximum absolute atomic E-state index is 11.6. The van der Waals surface area contributed by atoms with Gasteiger partial charge in [0.1, 0.15) is 0 Å². The summed E-state index contributed by atoms with van der Waals surface area (Å²) >= 11 is 6.38. The molecule has 0 bridgehead atoms. The van der Waals surface area contributed by atoms with Gasteiger partial charge in [-0.2, -0.15) is 0 Å². The fourth-order valence-electron chi connectivity index (χ4n) is 1.21. The smallest absolute Gasteiger partial charge is 0.271 e. The maximum Gasteiger partial charge on any atom is 0.271 e. The third-order valence-corrected chi connectivity index (χ3v) is 3.16. The minimum Gasteiger partial charge on any atom is -0.321 e. The molecule has 7 heteroatoms. The standard InChI is InChI=1S/C11H10Br2N2O3/c1-6(2)3-10(16)14-11-8(12)4-7(15(17)18)5-9(11)13/h3-5H,1-2H3,(H,14,16). The summed E-state index contributed by atoms with van der Waals surface area (Å²) in [6.07, 6.45) is 1.44. The highest BCUT2D eigenvalue weighted by atomic mass is 79.9. The summed E-state index contributed by atoms with van der Waals surface area (Å²) in [7, 11) is 0. The molecule has 0 radical (unpaired) electrons. The Bertz CT molecular complexity index is 514. The molecular formula is C11H10Br2N2O3. The summed E-state index contributed by atoms with van der Waals surface area (Å²) in [5, 5.41) is 13.3. The molecule has 0 unspecified atom stereocenters. The Kier molecular flexibility index (Phi) is 5.03. The van der Waals surface area contributed by atoms with Gasteiger partial charge >= 0.3 is 0 Å². The van der Waals surface area contributed by atoms with Gasteiger partial charge in [0.2, 0.25) is 5.91 Å². The molecule has 1 N–H and O–H groups in total. The van der Waals surface area contributed by atoms with Gasteiger partial charge in [0.15, 0.2) is 0 Å². The lowest BCUT2D eigenvalue weighted by Crippen LogP contribution is -2.09. The molecule has 0 aliphatic carbocycles. The van der Waals surface area contributed by atoms with E-state index in [4.69, 9.17) is 0 Å². The van der Waals surface area contributed by atoms with Crippen LogP contribution in [0.4, 0.5) is 11.4 Å². The second-order valence-electron chi connectivity index (χ2n) is 3.75. The number of hydrogen-bond acceptors (Lipinski definition) is 3. The predicted molar refractivity (Wildman–Crippen MR) is 76.6 cm³/mol. The summed E-state index contributed by atoms with van der Waals surface area (Å²) in [4.78, 5) is 21.7. The van der Waals surface area contributed by atoms with E-state index < -0.39 is 4.92 Å². The monoisotopic (exact) mass is 376 g/mol. The van der Waals surface area contributed by atoms with E-state index in [1.165, 1.54) is 18.2 Å². The van der Waals surface area contributed by atoms with E-state index in [0.29, 0.717) is 14.6 Å². The molecule has 1 aromatic rings. The van der Waals surface area contributed by atoms with E-state index in [-0.39, 0.29) is 11.6 Å². The van der Waals surface area contributed by atoms with E-state index in [9.17, 15) is 14.9 Å². The number of benzene rings is 1. The van der Waals surface area contributed by atoms with Crippen molar-refractivity contribution in [2.45, 2.75) is 13.8 Å². The van der Waals surface area contributed by atoms with Gasteiger partial charge in [-0.15, -0.1) is 0 Å². The van der Waals surface area contributed by atoms with Crippen LogP contribution >= 0.6 is 31.9 Å². The van der Waals surface area contributed by atoms with Crippen molar-refractivity contribution in [3.63, 3.8) is 0 Å². The molecule has 0 atom stereocenters. The molecule has 1 aromatic carbocycles. The zero-order valence-electron chi connectivity index (χ0n) is 9.66. The minimum atomic E-state index is -0.503. The Balaban J connectivity index is 3.08. The van der Waals surface area contributed by atoms with E-state index in [1.807, 2.05) is 0 Å². The van der Waals surface area contributed by atoms with Crippen molar-refractivity contribution < 1.29 is 9.72 Å². The Morgan fingerprint density at radius 3 is 2.22 bits per heavy atom. The second-order valence-corrected chi connectivity index (χ2v) is 5.46.